The van der Waals surface area contributed by atoms with Crippen molar-refractivity contribution in [1.82, 2.24) is 14.6 Å². The number of nitrogens with zero attached hydrogens (tertiary/aromatic N) is 3. The minimum atomic E-state index is -0.415. The van der Waals surface area contributed by atoms with E-state index >= 15 is 0 Å². The lowest BCUT2D eigenvalue weighted by Crippen LogP contribution is -2.27. The van der Waals surface area contributed by atoms with E-state index in [-0.39, 0.29) is 11.3 Å². The van der Waals surface area contributed by atoms with Gasteiger partial charge in [-0.15, -0.1) is 0 Å². The molecular weight excluding hydrogens is 314 g/mol. The number of ether oxygens (including phenoxy) is 1. The van der Waals surface area contributed by atoms with Crippen LogP contribution in [0, 0.1) is 6.92 Å². The average molecular weight is 327 g/mol. The molecule has 0 atom stereocenters. The summed E-state index contributed by atoms with van der Waals surface area (Å²) >= 11 is 1.14. The molecule has 7 heteroatoms. The highest BCUT2D eigenvalue weighted by molar-refractivity contribution is 7.15. The van der Waals surface area contributed by atoms with Crippen molar-refractivity contribution in [3.63, 3.8) is 0 Å². The third-order valence-corrected chi connectivity index (χ3v) is 4.05. The molecule has 0 unspecified atom stereocenters. The lowest BCUT2D eigenvalue weighted by Gasteiger charge is -2.02. The normalized spacial score (nSPS) is 11.8. The van der Waals surface area contributed by atoms with E-state index < -0.39 is 5.56 Å². The van der Waals surface area contributed by atoms with Crippen LogP contribution in [0.5, 0.6) is 5.75 Å². The summed E-state index contributed by atoms with van der Waals surface area (Å²) in [5.74, 6) is 0.727. The van der Waals surface area contributed by atoms with E-state index in [1.807, 2.05) is 24.3 Å². The molecule has 0 aliphatic heterocycles. The van der Waals surface area contributed by atoms with Crippen LogP contribution in [0.15, 0.2) is 46.5 Å². The van der Waals surface area contributed by atoms with Crippen LogP contribution in [-0.4, -0.2) is 21.2 Å². The van der Waals surface area contributed by atoms with Crippen molar-refractivity contribution in [2.75, 3.05) is 6.61 Å². The standard InChI is InChI=1S/C16H13N3O3S/c1-3-8-22-12-6-4-11(5-7-12)9-13-15(21)19-16(23-13)17-14(20)10(2)18-19/h3-7,9H,1,8H2,2H3/b13-9-. The minimum absolute atomic E-state index is 0.202. The predicted octanol–water partition coefficient (Wildman–Crippen LogP) is 0.932. The van der Waals surface area contributed by atoms with Crippen molar-refractivity contribution in [3.05, 3.63) is 73.4 Å². The number of hydrogen-bond donors (Lipinski definition) is 0. The van der Waals surface area contributed by atoms with Gasteiger partial charge in [-0.05, 0) is 30.7 Å². The highest BCUT2D eigenvalue weighted by Gasteiger charge is 2.08. The molecule has 2 aromatic heterocycles. The molecular formula is C16H13N3O3S. The van der Waals surface area contributed by atoms with Crippen molar-refractivity contribution in [1.29, 1.82) is 0 Å². The first kappa shape index (κ1) is 15.1. The van der Waals surface area contributed by atoms with Gasteiger partial charge in [0.15, 0.2) is 0 Å². The van der Waals surface area contributed by atoms with Gasteiger partial charge < -0.3 is 4.74 Å². The third kappa shape index (κ3) is 3.04. The molecule has 0 saturated heterocycles. The fraction of sp³-hybridized carbons (Fsp3) is 0.125. The Morgan fingerprint density at radius 3 is 2.74 bits per heavy atom. The molecule has 0 aliphatic carbocycles. The van der Waals surface area contributed by atoms with Crippen LogP contribution in [0.4, 0.5) is 0 Å². The van der Waals surface area contributed by atoms with E-state index in [0.29, 0.717) is 16.1 Å². The van der Waals surface area contributed by atoms with Gasteiger partial charge in [-0.2, -0.15) is 14.6 Å². The van der Waals surface area contributed by atoms with Gasteiger partial charge in [0.05, 0.1) is 4.53 Å². The van der Waals surface area contributed by atoms with Crippen molar-refractivity contribution in [2.24, 2.45) is 0 Å². The molecule has 0 radical (unpaired) electrons. The molecule has 2 heterocycles. The number of fused-ring (bicyclic) bond motifs is 1. The molecule has 0 amide bonds. The first-order chi connectivity index (χ1) is 11.1. The SMILES string of the molecule is C=CCOc1ccc(/C=c2\sc3nc(=O)c(C)nn3c2=O)cc1. The molecule has 0 saturated carbocycles. The largest absolute Gasteiger partial charge is 0.490 e. The van der Waals surface area contributed by atoms with E-state index in [1.165, 1.54) is 6.92 Å². The highest BCUT2D eigenvalue weighted by Crippen LogP contribution is 2.12. The smallest absolute Gasteiger partial charge is 0.295 e. The Kier molecular flexibility index (Phi) is 4.03. The molecule has 0 N–H and O–H groups in total. The first-order valence-corrected chi connectivity index (χ1v) is 7.66. The summed E-state index contributed by atoms with van der Waals surface area (Å²) in [6.07, 6.45) is 3.41. The monoisotopic (exact) mass is 327 g/mol. The van der Waals surface area contributed by atoms with Crippen molar-refractivity contribution >= 4 is 22.4 Å². The second-order valence-corrected chi connectivity index (χ2v) is 5.79. The van der Waals surface area contributed by atoms with Gasteiger partial charge in [0.25, 0.3) is 11.1 Å². The van der Waals surface area contributed by atoms with Crippen molar-refractivity contribution in [3.8, 4) is 5.75 Å². The van der Waals surface area contributed by atoms with Gasteiger partial charge >= 0.3 is 0 Å². The molecule has 23 heavy (non-hydrogen) atoms. The van der Waals surface area contributed by atoms with Crippen LogP contribution in [0.25, 0.3) is 11.0 Å². The minimum Gasteiger partial charge on any atom is -0.490 e. The topological polar surface area (TPSA) is 73.6 Å². The Hall–Kier alpha value is -2.80. The summed E-state index contributed by atoms with van der Waals surface area (Å²) < 4.78 is 7.04. The number of aryl methyl sites for hydroxylation is 1. The molecule has 0 aliphatic rings. The van der Waals surface area contributed by atoms with Gasteiger partial charge in [0, 0.05) is 0 Å². The predicted molar refractivity (Wildman–Crippen MR) is 89.1 cm³/mol. The Balaban J connectivity index is 2.04. The fourth-order valence-electron chi connectivity index (χ4n) is 1.95. The van der Waals surface area contributed by atoms with Crippen LogP contribution >= 0.6 is 11.3 Å². The summed E-state index contributed by atoms with van der Waals surface area (Å²) in [7, 11) is 0. The van der Waals surface area contributed by atoms with Gasteiger partial charge in [-0.25, -0.2) is 0 Å². The lowest BCUT2D eigenvalue weighted by atomic mass is 10.2. The molecule has 6 nitrogen and oxygen atoms in total. The van der Waals surface area contributed by atoms with Gasteiger partial charge in [-0.3, -0.25) is 9.59 Å². The quantitative estimate of drug-likeness (QED) is 0.667. The van der Waals surface area contributed by atoms with Crippen LogP contribution < -0.4 is 20.4 Å². The average Bonchev–Trinajstić information content (AvgIpc) is 2.83. The zero-order valence-corrected chi connectivity index (χ0v) is 13.2. The number of thiazole rings is 1. The van der Waals surface area contributed by atoms with Gasteiger partial charge in [0.2, 0.25) is 4.96 Å². The van der Waals surface area contributed by atoms with E-state index in [1.54, 1.807) is 12.2 Å². The van der Waals surface area contributed by atoms with Gasteiger partial charge in [0.1, 0.15) is 18.1 Å². The summed E-state index contributed by atoms with van der Waals surface area (Å²) in [5, 5.41) is 3.98. The summed E-state index contributed by atoms with van der Waals surface area (Å²) in [5.41, 5.74) is 0.348. The maximum absolute atomic E-state index is 12.3. The zero-order valence-electron chi connectivity index (χ0n) is 12.4. The Morgan fingerprint density at radius 2 is 2.04 bits per heavy atom. The second kappa shape index (κ2) is 6.13. The van der Waals surface area contributed by atoms with E-state index in [0.717, 1.165) is 27.2 Å². The van der Waals surface area contributed by atoms with E-state index in [4.69, 9.17) is 4.74 Å². The van der Waals surface area contributed by atoms with Crippen molar-refractivity contribution < 1.29 is 4.74 Å². The molecule has 116 valence electrons. The molecule has 0 spiro atoms. The number of hydrogen-bond acceptors (Lipinski definition) is 6. The highest BCUT2D eigenvalue weighted by atomic mass is 32.1. The maximum Gasteiger partial charge on any atom is 0.295 e. The maximum atomic E-state index is 12.3. The molecule has 1 aromatic carbocycles. The molecule has 3 rings (SSSR count). The summed E-state index contributed by atoms with van der Waals surface area (Å²) in [6, 6.07) is 7.32. The lowest BCUT2D eigenvalue weighted by molar-refractivity contribution is 0.363. The van der Waals surface area contributed by atoms with Crippen LogP contribution in [0.2, 0.25) is 0 Å². The van der Waals surface area contributed by atoms with Crippen molar-refractivity contribution in [2.45, 2.75) is 6.92 Å². The Morgan fingerprint density at radius 1 is 1.30 bits per heavy atom. The fourth-order valence-corrected chi connectivity index (χ4v) is 2.86. The molecule has 0 bridgehead atoms. The van der Waals surface area contributed by atoms with Crippen LogP contribution in [-0.2, 0) is 0 Å². The zero-order chi connectivity index (χ0) is 16.4. The van der Waals surface area contributed by atoms with Crippen LogP contribution in [0.1, 0.15) is 11.3 Å². The third-order valence-electron chi connectivity index (χ3n) is 3.09. The Labute approximate surface area is 135 Å². The molecule has 3 aromatic rings. The number of benzene rings is 1. The van der Waals surface area contributed by atoms with Gasteiger partial charge in [-0.1, -0.05) is 36.1 Å². The second-order valence-electron chi connectivity index (χ2n) is 4.78. The summed E-state index contributed by atoms with van der Waals surface area (Å²) in [6.45, 7) is 5.56. The number of rotatable bonds is 4. The summed E-state index contributed by atoms with van der Waals surface area (Å²) in [4.78, 5) is 28.0. The molecule has 0 fully saturated rings. The number of aromatic nitrogens is 3. The van der Waals surface area contributed by atoms with Crippen LogP contribution in [0.3, 0.4) is 0 Å². The Bertz CT molecular complexity index is 1040. The first-order valence-electron chi connectivity index (χ1n) is 6.84. The van der Waals surface area contributed by atoms with E-state index in [2.05, 4.69) is 16.7 Å². The van der Waals surface area contributed by atoms with E-state index in [9.17, 15) is 9.59 Å².